The first-order valence-corrected chi connectivity index (χ1v) is 7.01. The van der Waals surface area contributed by atoms with E-state index in [0.717, 1.165) is 19.3 Å². The number of nitrogens with zero attached hydrogens (tertiary/aromatic N) is 5. The zero-order chi connectivity index (χ0) is 15.4. The molecule has 0 radical (unpaired) electrons. The van der Waals surface area contributed by atoms with Gasteiger partial charge in [0.2, 0.25) is 5.89 Å². The van der Waals surface area contributed by atoms with E-state index in [2.05, 4.69) is 27.4 Å². The minimum atomic E-state index is -1.08. The lowest BCUT2D eigenvalue weighted by Crippen LogP contribution is -2.11. The fourth-order valence-corrected chi connectivity index (χ4v) is 2.08. The third-order valence-corrected chi connectivity index (χ3v) is 3.07. The summed E-state index contributed by atoms with van der Waals surface area (Å²) in [6.45, 7) is 6.11. The van der Waals surface area contributed by atoms with Crippen molar-refractivity contribution in [3.05, 3.63) is 23.1 Å². The summed E-state index contributed by atoms with van der Waals surface area (Å²) in [6, 6.07) is 0. The second-order valence-electron chi connectivity index (χ2n) is 5.15. The lowest BCUT2D eigenvalue weighted by molar-refractivity contribution is 0.0688. The lowest BCUT2D eigenvalue weighted by Gasteiger charge is -2.07. The molecule has 0 aliphatic carbocycles. The van der Waals surface area contributed by atoms with Crippen molar-refractivity contribution >= 4 is 5.97 Å². The largest absolute Gasteiger partial charge is 0.476 e. The van der Waals surface area contributed by atoms with Gasteiger partial charge in [-0.2, -0.15) is 4.98 Å². The summed E-state index contributed by atoms with van der Waals surface area (Å²) >= 11 is 0. The van der Waals surface area contributed by atoms with Crippen LogP contribution < -0.4 is 0 Å². The second-order valence-corrected chi connectivity index (χ2v) is 5.15. The Labute approximate surface area is 122 Å². The van der Waals surface area contributed by atoms with E-state index in [4.69, 9.17) is 9.63 Å². The Morgan fingerprint density at radius 2 is 2.19 bits per heavy atom. The number of aromatic nitrogens is 5. The van der Waals surface area contributed by atoms with Gasteiger partial charge in [0.05, 0.1) is 5.69 Å². The van der Waals surface area contributed by atoms with E-state index in [0.29, 0.717) is 17.4 Å². The van der Waals surface area contributed by atoms with Crippen molar-refractivity contribution in [2.24, 2.45) is 0 Å². The predicted octanol–water partition coefficient (Wildman–Crippen LogP) is 1.87. The highest BCUT2D eigenvalue weighted by molar-refractivity contribution is 5.86. The highest BCUT2D eigenvalue weighted by atomic mass is 16.5. The van der Waals surface area contributed by atoms with Crippen molar-refractivity contribution in [3.8, 4) is 0 Å². The molecule has 2 aromatic rings. The van der Waals surface area contributed by atoms with Crippen LogP contribution in [0.4, 0.5) is 0 Å². The van der Waals surface area contributed by atoms with E-state index >= 15 is 0 Å². The molecule has 0 saturated carbocycles. The van der Waals surface area contributed by atoms with Gasteiger partial charge in [-0.3, -0.25) is 0 Å². The molecule has 2 rings (SSSR count). The minimum Gasteiger partial charge on any atom is -0.476 e. The summed E-state index contributed by atoms with van der Waals surface area (Å²) < 4.78 is 6.68. The van der Waals surface area contributed by atoms with E-state index in [1.54, 1.807) is 0 Å². The Bertz CT molecular complexity index is 617. The van der Waals surface area contributed by atoms with E-state index in [1.807, 2.05) is 13.8 Å². The Hall–Kier alpha value is -2.25. The van der Waals surface area contributed by atoms with Crippen LogP contribution in [0.2, 0.25) is 0 Å². The molecular weight excluding hydrogens is 274 g/mol. The Morgan fingerprint density at radius 1 is 1.43 bits per heavy atom. The van der Waals surface area contributed by atoms with Crippen LogP contribution in [0.5, 0.6) is 0 Å². The standard InChI is InChI=1S/C13H19N5O3/c1-4-5-6-9-14-10(21-16-9)7-18-12(8(2)3)11(13(19)20)15-17-18/h8H,4-7H2,1-3H3,(H,19,20). The molecule has 8 nitrogen and oxygen atoms in total. The maximum atomic E-state index is 11.1. The van der Waals surface area contributed by atoms with Crippen molar-refractivity contribution in [3.63, 3.8) is 0 Å². The maximum Gasteiger partial charge on any atom is 0.358 e. The Kier molecular flexibility index (Phi) is 4.66. The molecule has 0 bridgehead atoms. The van der Waals surface area contributed by atoms with Gasteiger partial charge >= 0.3 is 5.97 Å². The van der Waals surface area contributed by atoms with Crippen LogP contribution in [0, 0.1) is 0 Å². The number of carboxylic acids is 1. The summed E-state index contributed by atoms with van der Waals surface area (Å²) in [5.74, 6) is -0.0333. The highest BCUT2D eigenvalue weighted by Gasteiger charge is 2.22. The number of aryl methyl sites for hydroxylation is 1. The van der Waals surface area contributed by atoms with Gasteiger partial charge in [-0.15, -0.1) is 5.10 Å². The van der Waals surface area contributed by atoms with Crippen molar-refractivity contribution in [2.45, 2.75) is 52.5 Å². The number of unbranched alkanes of at least 4 members (excludes halogenated alkanes) is 1. The Balaban J connectivity index is 2.19. The molecule has 0 amide bonds. The summed E-state index contributed by atoms with van der Waals surface area (Å²) in [4.78, 5) is 15.4. The topological polar surface area (TPSA) is 107 Å². The molecule has 0 spiro atoms. The summed E-state index contributed by atoms with van der Waals surface area (Å²) in [7, 11) is 0. The number of aromatic carboxylic acids is 1. The zero-order valence-electron chi connectivity index (χ0n) is 12.4. The van der Waals surface area contributed by atoms with Crippen LogP contribution in [0.15, 0.2) is 4.52 Å². The quantitative estimate of drug-likeness (QED) is 0.830. The number of rotatable bonds is 7. The SMILES string of the molecule is CCCCc1noc(Cn2nnc(C(=O)O)c2C(C)C)n1. The van der Waals surface area contributed by atoms with Gasteiger partial charge in [0.25, 0.3) is 0 Å². The lowest BCUT2D eigenvalue weighted by atomic mass is 10.1. The second kappa shape index (κ2) is 6.47. The number of carbonyl (C=O) groups is 1. The molecule has 0 unspecified atom stereocenters. The van der Waals surface area contributed by atoms with Gasteiger partial charge in [-0.1, -0.05) is 37.6 Å². The van der Waals surface area contributed by atoms with E-state index < -0.39 is 5.97 Å². The van der Waals surface area contributed by atoms with E-state index in [-0.39, 0.29) is 18.2 Å². The smallest absolute Gasteiger partial charge is 0.358 e. The number of hydrogen-bond donors (Lipinski definition) is 1. The van der Waals surface area contributed by atoms with Gasteiger partial charge < -0.3 is 9.63 Å². The molecule has 0 fully saturated rings. The van der Waals surface area contributed by atoms with Crippen LogP contribution in [0.3, 0.4) is 0 Å². The molecule has 0 saturated heterocycles. The van der Waals surface area contributed by atoms with Crippen LogP contribution in [-0.2, 0) is 13.0 Å². The zero-order valence-corrected chi connectivity index (χ0v) is 12.4. The average molecular weight is 293 g/mol. The van der Waals surface area contributed by atoms with E-state index in [1.165, 1.54) is 4.68 Å². The van der Waals surface area contributed by atoms with Gasteiger partial charge in [0, 0.05) is 6.42 Å². The van der Waals surface area contributed by atoms with Crippen molar-refractivity contribution in [1.82, 2.24) is 25.1 Å². The Morgan fingerprint density at radius 3 is 2.81 bits per heavy atom. The van der Waals surface area contributed by atoms with Gasteiger partial charge in [-0.05, 0) is 12.3 Å². The first-order chi connectivity index (χ1) is 10.0. The van der Waals surface area contributed by atoms with Crippen molar-refractivity contribution in [1.29, 1.82) is 0 Å². The fraction of sp³-hybridized carbons (Fsp3) is 0.615. The predicted molar refractivity (Wildman–Crippen MR) is 73.1 cm³/mol. The van der Waals surface area contributed by atoms with Gasteiger partial charge in [0.1, 0.15) is 6.54 Å². The molecule has 0 atom stereocenters. The third-order valence-electron chi connectivity index (χ3n) is 3.07. The van der Waals surface area contributed by atoms with Gasteiger partial charge in [0.15, 0.2) is 11.5 Å². The summed E-state index contributed by atoms with van der Waals surface area (Å²) in [5, 5.41) is 20.6. The molecule has 114 valence electrons. The normalized spacial score (nSPS) is 11.2. The third kappa shape index (κ3) is 3.45. The monoisotopic (exact) mass is 293 g/mol. The first-order valence-electron chi connectivity index (χ1n) is 7.01. The van der Waals surface area contributed by atoms with Crippen LogP contribution >= 0.6 is 0 Å². The van der Waals surface area contributed by atoms with Crippen molar-refractivity contribution in [2.75, 3.05) is 0 Å². The number of hydrogen-bond acceptors (Lipinski definition) is 6. The fourth-order valence-electron chi connectivity index (χ4n) is 2.08. The maximum absolute atomic E-state index is 11.1. The first kappa shape index (κ1) is 15.1. The molecule has 0 aliphatic heterocycles. The minimum absolute atomic E-state index is 0.0198. The molecule has 0 aliphatic rings. The van der Waals surface area contributed by atoms with E-state index in [9.17, 15) is 4.79 Å². The van der Waals surface area contributed by atoms with Crippen molar-refractivity contribution < 1.29 is 14.4 Å². The van der Waals surface area contributed by atoms with Crippen LogP contribution in [0.25, 0.3) is 0 Å². The van der Waals surface area contributed by atoms with Gasteiger partial charge in [-0.25, -0.2) is 9.48 Å². The molecule has 2 heterocycles. The van der Waals surface area contributed by atoms with Crippen LogP contribution in [0.1, 0.15) is 67.4 Å². The molecule has 1 N–H and O–H groups in total. The highest BCUT2D eigenvalue weighted by Crippen LogP contribution is 2.18. The van der Waals surface area contributed by atoms with Crippen LogP contribution in [-0.4, -0.2) is 36.2 Å². The molecular formula is C13H19N5O3. The summed E-state index contributed by atoms with van der Waals surface area (Å²) in [5.41, 5.74) is 0.520. The molecule has 21 heavy (non-hydrogen) atoms. The number of carboxylic acid groups (broad SMARTS) is 1. The summed E-state index contributed by atoms with van der Waals surface area (Å²) in [6.07, 6.45) is 2.84. The molecule has 0 aromatic carbocycles. The molecule has 2 aromatic heterocycles. The molecule has 8 heteroatoms. The average Bonchev–Trinajstić information content (AvgIpc) is 3.03.